The molecule has 4 rings (SSSR count). The van der Waals surface area contributed by atoms with E-state index in [1.807, 2.05) is 0 Å². The Kier molecular flexibility index (Phi) is 4.39. The quantitative estimate of drug-likeness (QED) is 0.719. The molecule has 1 saturated heterocycles. The van der Waals surface area contributed by atoms with Gasteiger partial charge in [0.25, 0.3) is 11.8 Å². The molecule has 1 atom stereocenters. The molecule has 7 nitrogen and oxygen atoms in total. The molecular formula is C18H16FN5O2. The summed E-state index contributed by atoms with van der Waals surface area (Å²) in [6, 6.07) is 7.51. The highest BCUT2D eigenvalue weighted by Gasteiger charge is 2.33. The third-order valence-electron chi connectivity index (χ3n) is 4.42. The lowest BCUT2D eigenvalue weighted by atomic mass is 10.0. The van der Waals surface area contributed by atoms with Crippen LogP contribution in [0.1, 0.15) is 41.6 Å². The number of hydrogen-bond acceptors (Lipinski definition) is 6. The van der Waals surface area contributed by atoms with E-state index in [-0.39, 0.29) is 23.4 Å². The summed E-state index contributed by atoms with van der Waals surface area (Å²) < 4.78 is 19.7. The van der Waals surface area contributed by atoms with E-state index in [0.717, 1.165) is 12.8 Å². The van der Waals surface area contributed by atoms with Gasteiger partial charge in [0.1, 0.15) is 11.9 Å². The third kappa shape index (κ3) is 3.05. The van der Waals surface area contributed by atoms with Crippen molar-refractivity contribution in [2.24, 2.45) is 0 Å². The monoisotopic (exact) mass is 353 g/mol. The number of aromatic nitrogens is 4. The summed E-state index contributed by atoms with van der Waals surface area (Å²) in [5, 5.41) is 15.5. The molecule has 26 heavy (non-hydrogen) atoms. The molecule has 0 unspecified atom stereocenters. The van der Waals surface area contributed by atoms with Crippen LogP contribution in [-0.2, 0) is 0 Å². The molecule has 1 fully saturated rings. The van der Waals surface area contributed by atoms with E-state index in [9.17, 15) is 9.18 Å². The fourth-order valence-corrected chi connectivity index (χ4v) is 3.13. The SMILES string of the molecule is O=C(c1ccnnc1)N1CCCC[C@@H]1c1nnc(-c2ccccc2F)o1. The van der Waals surface area contributed by atoms with Gasteiger partial charge in [-0.2, -0.15) is 10.2 Å². The average Bonchev–Trinajstić information content (AvgIpc) is 3.18. The summed E-state index contributed by atoms with van der Waals surface area (Å²) in [5.74, 6) is -0.155. The Morgan fingerprint density at radius 1 is 1.15 bits per heavy atom. The van der Waals surface area contributed by atoms with Crippen LogP contribution < -0.4 is 0 Å². The minimum atomic E-state index is -0.429. The van der Waals surface area contributed by atoms with Crippen LogP contribution in [0.3, 0.4) is 0 Å². The molecule has 1 amide bonds. The van der Waals surface area contributed by atoms with Gasteiger partial charge in [-0.15, -0.1) is 10.2 Å². The highest BCUT2D eigenvalue weighted by molar-refractivity contribution is 5.94. The van der Waals surface area contributed by atoms with E-state index in [0.29, 0.717) is 24.4 Å². The summed E-state index contributed by atoms with van der Waals surface area (Å²) in [6.45, 7) is 0.587. The van der Waals surface area contributed by atoms with Gasteiger partial charge in [-0.3, -0.25) is 4.79 Å². The lowest BCUT2D eigenvalue weighted by molar-refractivity contribution is 0.0571. The molecule has 2 aromatic heterocycles. The topological polar surface area (TPSA) is 85.0 Å². The van der Waals surface area contributed by atoms with E-state index < -0.39 is 5.82 Å². The van der Waals surface area contributed by atoms with Crippen molar-refractivity contribution in [3.63, 3.8) is 0 Å². The number of halogens is 1. The van der Waals surface area contributed by atoms with Crippen molar-refractivity contribution in [2.45, 2.75) is 25.3 Å². The second kappa shape index (κ2) is 6.99. The first kappa shape index (κ1) is 16.3. The largest absolute Gasteiger partial charge is 0.418 e. The number of amides is 1. The third-order valence-corrected chi connectivity index (χ3v) is 4.42. The van der Waals surface area contributed by atoms with Crippen LogP contribution in [0.2, 0.25) is 0 Å². The summed E-state index contributed by atoms with van der Waals surface area (Å²) in [7, 11) is 0. The number of likely N-dealkylation sites (tertiary alicyclic amines) is 1. The van der Waals surface area contributed by atoms with Gasteiger partial charge in [0.05, 0.1) is 23.5 Å². The maximum absolute atomic E-state index is 13.9. The molecule has 1 aromatic carbocycles. The molecule has 8 heteroatoms. The van der Waals surface area contributed by atoms with Crippen molar-refractivity contribution in [1.82, 2.24) is 25.3 Å². The summed E-state index contributed by atoms with van der Waals surface area (Å²) >= 11 is 0. The minimum Gasteiger partial charge on any atom is -0.418 e. The Morgan fingerprint density at radius 3 is 2.85 bits per heavy atom. The summed E-state index contributed by atoms with van der Waals surface area (Å²) in [5.41, 5.74) is 0.707. The van der Waals surface area contributed by atoms with Gasteiger partial charge in [0.15, 0.2) is 0 Å². The van der Waals surface area contributed by atoms with Crippen LogP contribution in [0.25, 0.3) is 11.5 Å². The Hall–Kier alpha value is -3.16. The zero-order chi connectivity index (χ0) is 17.9. The van der Waals surface area contributed by atoms with E-state index in [1.54, 1.807) is 29.2 Å². The van der Waals surface area contributed by atoms with Gasteiger partial charge in [0.2, 0.25) is 5.89 Å². The van der Waals surface area contributed by atoms with E-state index in [1.165, 1.54) is 18.5 Å². The van der Waals surface area contributed by atoms with Crippen LogP contribution in [0, 0.1) is 5.82 Å². The summed E-state index contributed by atoms with van der Waals surface area (Å²) in [4.78, 5) is 14.5. The highest BCUT2D eigenvalue weighted by Crippen LogP contribution is 2.33. The smallest absolute Gasteiger partial charge is 0.256 e. The maximum atomic E-state index is 13.9. The van der Waals surface area contributed by atoms with E-state index in [4.69, 9.17) is 4.42 Å². The molecule has 0 radical (unpaired) electrons. The standard InChI is InChI=1S/C18H16FN5O2/c19-14-6-2-1-5-13(14)16-22-23-17(26-16)15-7-3-4-10-24(15)18(25)12-8-9-20-21-11-12/h1-2,5-6,8-9,11,15H,3-4,7,10H2/t15-/m1/s1. The lowest BCUT2D eigenvalue weighted by Crippen LogP contribution is -2.38. The molecule has 3 heterocycles. The summed E-state index contributed by atoms with van der Waals surface area (Å²) in [6.07, 6.45) is 5.47. The van der Waals surface area contributed by atoms with Gasteiger partial charge in [-0.1, -0.05) is 12.1 Å². The predicted molar refractivity (Wildman–Crippen MR) is 89.4 cm³/mol. The molecular weight excluding hydrogens is 337 g/mol. The van der Waals surface area contributed by atoms with Crippen molar-refractivity contribution in [3.8, 4) is 11.5 Å². The molecule has 1 aliphatic rings. The minimum absolute atomic E-state index is 0.113. The fraction of sp³-hybridized carbons (Fsp3) is 0.278. The fourth-order valence-electron chi connectivity index (χ4n) is 3.13. The predicted octanol–water partition coefficient (Wildman–Crippen LogP) is 3.03. The van der Waals surface area contributed by atoms with Gasteiger partial charge in [-0.25, -0.2) is 4.39 Å². The zero-order valence-corrected chi connectivity index (χ0v) is 13.9. The van der Waals surface area contributed by atoms with Gasteiger partial charge < -0.3 is 9.32 Å². The number of carbonyl (C=O) groups is 1. The highest BCUT2D eigenvalue weighted by atomic mass is 19.1. The molecule has 0 bridgehead atoms. The maximum Gasteiger partial charge on any atom is 0.256 e. The van der Waals surface area contributed by atoms with Crippen molar-refractivity contribution in [3.05, 3.63) is 60.0 Å². The molecule has 0 N–H and O–H groups in total. The van der Waals surface area contributed by atoms with Crippen LogP contribution in [0.5, 0.6) is 0 Å². The zero-order valence-electron chi connectivity index (χ0n) is 13.9. The van der Waals surface area contributed by atoms with Crippen molar-refractivity contribution in [2.75, 3.05) is 6.54 Å². The number of hydrogen-bond donors (Lipinski definition) is 0. The van der Waals surface area contributed by atoms with Crippen molar-refractivity contribution >= 4 is 5.91 Å². The number of rotatable bonds is 3. The molecule has 1 aliphatic heterocycles. The Labute approximate surface area is 148 Å². The first-order chi connectivity index (χ1) is 12.7. The second-order valence-electron chi connectivity index (χ2n) is 6.07. The number of benzene rings is 1. The van der Waals surface area contributed by atoms with Crippen LogP contribution >= 0.6 is 0 Å². The molecule has 0 saturated carbocycles. The van der Waals surface area contributed by atoms with Gasteiger partial charge in [0, 0.05) is 6.54 Å². The van der Waals surface area contributed by atoms with Crippen molar-refractivity contribution < 1.29 is 13.6 Å². The van der Waals surface area contributed by atoms with Crippen LogP contribution in [0.15, 0.2) is 47.1 Å². The van der Waals surface area contributed by atoms with Crippen LogP contribution in [-0.4, -0.2) is 37.7 Å². The van der Waals surface area contributed by atoms with Gasteiger partial charge >= 0.3 is 0 Å². The number of piperidine rings is 1. The molecule has 3 aromatic rings. The van der Waals surface area contributed by atoms with Gasteiger partial charge in [-0.05, 0) is 37.5 Å². The molecule has 132 valence electrons. The first-order valence-electron chi connectivity index (χ1n) is 8.40. The Bertz CT molecular complexity index is 915. The van der Waals surface area contributed by atoms with E-state index in [2.05, 4.69) is 20.4 Å². The number of nitrogens with zero attached hydrogens (tertiary/aromatic N) is 5. The second-order valence-corrected chi connectivity index (χ2v) is 6.07. The van der Waals surface area contributed by atoms with Crippen molar-refractivity contribution in [1.29, 1.82) is 0 Å². The van der Waals surface area contributed by atoms with E-state index >= 15 is 0 Å². The first-order valence-corrected chi connectivity index (χ1v) is 8.40. The lowest BCUT2D eigenvalue weighted by Gasteiger charge is -2.33. The molecule has 0 spiro atoms. The average molecular weight is 353 g/mol. The molecule has 0 aliphatic carbocycles. The Morgan fingerprint density at radius 2 is 2.04 bits per heavy atom. The normalized spacial score (nSPS) is 17.3. The van der Waals surface area contributed by atoms with Crippen LogP contribution in [0.4, 0.5) is 4.39 Å². The number of carbonyl (C=O) groups excluding carboxylic acids is 1. The Balaban J connectivity index is 1.63.